The zero-order valence-corrected chi connectivity index (χ0v) is 10.5. The SMILES string of the molecule is NC(=O)CC[C@H](N)c1nc(Cc2ccccc2)no1. The van der Waals surface area contributed by atoms with Crippen LogP contribution < -0.4 is 11.5 Å². The van der Waals surface area contributed by atoms with Crippen molar-refractivity contribution in [2.24, 2.45) is 11.5 Å². The first-order valence-corrected chi connectivity index (χ1v) is 6.05. The number of amides is 1. The van der Waals surface area contributed by atoms with Gasteiger partial charge in [-0.2, -0.15) is 4.98 Å². The van der Waals surface area contributed by atoms with Crippen LogP contribution in [0, 0.1) is 0 Å². The van der Waals surface area contributed by atoms with Gasteiger partial charge in [-0.05, 0) is 12.0 Å². The molecule has 1 amide bonds. The summed E-state index contributed by atoms with van der Waals surface area (Å²) in [5.41, 5.74) is 12.0. The lowest BCUT2D eigenvalue weighted by Crippen LogP contribution is -2.16. The molecule has 0 aliphatic rings. The van der Waals surface area contributed by atoms with Crippen LogP contribution in [0.25, 0.3) is 0 Å². The normalized spacial score (nSPS) is 12.3. The first-order valence-electron chi connectivity index (χ1n) is 6.05. The van der Waals surface area contributed by atoms with E-state index in [2.05, 4.69) is 10.1 Å². The largest absolute Gasteiger partial charge is 0.370 e. The molecule has 6 heteroatoms. The summed E-state index contributed by atoms with van der Waals surface area (Å²) < 4.78 is 5.09. The third-order valence-electron chi connectivity index (χ3n) is 2.71. The van der Waals surface area contributed by atoms with E-state index in [9.17, 15) is 4.79 Å². The Balaban J connectivity index is 1.97. The molecule has 0 aliphatic heterocycles. The van der Waals surface area contributed by atoms with Crippen molar-refractivity contribution in [3.8, 4) is 0 Å². The molecule has 1 aromatic carbocycles. The Hall–Kier alpha value is -2.21. The summed E-state index contributed by atoms with van der Waals surface area (Å²) in [6.45, 7) is 0. The van der Waals surface area contributed by atoms with Crippen molar-refractivity contribution in [3.05, 3.63) is 47.6 Å². The van der Waals surface area contributed by atoms with Crippen LogP contribution >= 0.6 is 0 Å². The minimum atomic E-state index is -0.454. The van der Waals surface area contributed by atoms with Crippen molar-refractivity contribution in [3.63, 3.8) is 0 Å². The van der Waals surface area contributed by atoms with Crippen LogP contribution in [-0.2, 0) is 11.2 Å². The second-order valence-electron chi connectivity index (χ2n) is 4.32. The van der Waals surface area contributed by atoms with Gasteiger partial charge in [0.25, 0.3) is 0 Å². The van der Waals surface area contributed by atoms with Gasteiger partial charge in [-0.1, -0.05) is 35.5 Å². The number of nitrogens with zero attached hydrogens (tertiary/aromatic N) is 2. The number of carbonyl (C=O) groups is 1. The molecule has 0 bridgehead atoms. The van der Waals surface area contributed by atoms with Crippen molar-refractivity contribution < 1.29 is 9.32 Å². The maximum atomic E-state index is 10.7. The molecule has 0 saturated carbocycles. The minimum absolute atomic E-state index is 0.206. The summed E-state index contributed by atoms with van der Waals surface area (Å²) in [6.07, 6.45) is 1.20. The highest BCUT2D eigenvalue weighted by molar-refractivity contribution is 5.73. The van der Waals surface area contributed by atoms with E-state index in [1.165, 1.54) is 0 Å². The highest BCUT2D eigenvalue weighted by Crippen LogP contribution is 2.14. The lowest BCUT2D eigenvalue weighted by molar-refractivity contribution is -0.118. The Labute approximate surface area is 110 Å². The molecular formula is C13H16N4O2. The molecule has 1 aromatic heterocycles. The Bertz CT molecular complexity index is 539. The van der Waals surface area contributed by atoms with E-state index in [1.54, 1.807) is 0 Å². The van der Waals surface area contributed by atoms with Crippen molar-refractivity contribution >= 4 is 5.91 Å². The summed E-state index contributed by atoms with van der Waals surface area (Å²) >= 11 is 0. The van der Waals surface area contributed by atoms with E-state index in [-0.39, 0.29) is 12.3 Å². The first kappa shape index (κ1) is 13.2. The molecule has 1 heterocycles. The average molecular weight is 260 g/mol. The molecular weight excluding hydrogens is 244 g/mol. The number of hydrogen-bond donors (Lipinski definition) is 2. The zero-order valence-electron chi connectivity index (χ0n) is 10.5. The molecule has 0 spiro atoms. The van der Waals surface area contributed by atoms with Crippen LogP contribution in [0.5, 0.6) is 0 Å². The second-order valence-corrected chi connectivity index (χ2v) is 4.32. The molecule has 0 fully saturated rings. The third kappa shape index (κ3) is 3.89. The van der Waals surface area contributed by atoms with Crippen molar-refractivity contribution in [2.75, 3.05) is 0 Å². The van der Waals surface area contributed by atoms with Crippen molar-refractivity contribution in [1.29, 1.82) is 0 Å². The van der Waals surface area contributed by atoms with Crippen LogP contribution in [0.3, 0.4) is 0 Å². The van der Waals surface area contributed by atoms with Gasteiger partial charge in [-0.15, -0.1) is 0 Å². The van der Waals surface area contributed by atoms with Crippen LogP contribution in [0.1, 0.15) is 36.2 Å². The van der Waals surface area contributed by atoms with Crippen LogP contribution in [-0.4, -0.2) is 16.0 Å². The average Bonchev–Trinajstić information content (AvgIpc) is 2.85. The van der Waals surface area contributed by atoms with Gasteiger partial charge in [0.05, 0.1) is 6.04 Å². The molecule has 0 radical (unpaired) electrons. The molecule has 2 aromatic rings. The number of aromatic nitrogens is 2. The van der Waals surface area contributed by atoms with Gasteiger partial charge in [-0.3, -0.25) is 4.79 Å². The molecule has 0 aliphatic carbocycles. The third-order valence-corrected chi connectivity index (χ3v) is 2.71. The van der Waals surface area contributed by atoms with E-state index in [0.717, 1.165) is 5.56 Å². The Morgan fingerprint density at radius 3 is 2.74 bits per heavy atom. The fourth-order valence-corrected chi connectivity index (χ4v) is 1.69. The number of benzene rings is 1. The smallest absolute Gasteiger partial charge is 0.243 e. The number of nitrogens with two attached hydrogens (primary N) is 2. The van der Waals surface area contributed by atoms with Gasteiger partial charge in [0, 0.05) is 12.8 Å². The van der Waals surface area contributed by atoms with Crippen molar-refractivity contribution in [2.45, 2.75) is 25.3 Å². The van der Waals surface area contributed by atoms with Crippen LogP contribution in [0.4, 0.5) is 0 Å². The van der Waals surface area contributed by atoms with E-state index in [4.69, 9.17) is 16.0 Å². The number of carbonyl (C=O) groups excluding carboxylic acids is 1. The predicted octanol–water partition coefficient (Wildman–Crippen LogP) is 0.926. The highest BCUT2D eigenvalue weighted by Gasteiger charge is 2.15. The number of rotatable bonds is 6. The summed E-state index contributed by atoms with van der Waals surface area (Å²) in [4.78, 5) is 14.9. The first-order chi connectivity index (χ1) is 9.15. The Morgan fingerprint density at radius 2 is 2.05 bits per heavy atom. The standard InChI is InChI=1S/C13H16N4O2/c14-10(6-7-11(15)18)13-16-12(17-19-13)8-9-4-2-1-3-5-9/h1-5,10H,6-8,14H2,(H2,15,18)/t10-/m0/s1. The Kier molecular flexibility index (Phi) is 4.25. The molecule has 100 valence electrons. The quantitative estimate of drug-likeness (QED) is 0.803. The number of primary amides is 1. The van der Waals surface area contributed by atoms with Gasteiger partial charge >= 0.3 is 0 Å². The Morgan fingerprint density at radius 1 is 1.32 bits per heavy atom. The molecule has 0 unspecified atom stereocenters. The minimum Gasteiger partial charge on any atom is -0.370 e. The lowest BCUT2D eigenvalue weighted by Gasteiger charge is -2.03. The van der Waals surface area contributed by atoms with E-state index < -0.39 is 6.04 Å². The zero-order chi connectivity index (χ0) is 13.7. The topological polar surface area (TPSA) is 108 Å². The number of hydrogen-bond acceptors (Lipinski definition) is 5. The molecule has 4 N–H and O–H groups in total. The lowest BCUT2D eigenvalue weighted by atomic mass is 10.1. The summed E-state index contributed by atoms with van der Waals surface area (Å²) in [6, 6.07) is 9.38. The van der Waals surface area contributed by atoms with Crippen LogP contribution in [0.15, 0.2) is 34.9 Å². The predicted molar refractivity (Wildman–Crippen MR) is 68.9 cm³/mol. The van der Waals surface area contributed by atoms with E-state index >= 15 is 0 Å². The summed E-state index contributed by atoms with van der Waals surface area (Å²) in [7, 11) is 0. The van der Waals surface area contributed by atoms with Crippen molar-refractivity contribution in [1.82, 2.24) is 10.1 Å². The molecule has 2 rings (SSSR count). The van der Waals surface area contributed by atoms with Gasteiger partial charge in [0.1, 0.15) is 0 Å². The maximum Gasteiger partial charge on any atom is 0.243 e. The monoisotopic (exact) mass is 260 g/mol. The van der Waals surface area contributed by atoms with Gasteiger partial charge < -0.3 is 16.0 Å². The highest BCUT2D eigenvalue weighted by atomic mass is 16.5. The fraction of sp³-hybridized carbons (Fsp3) is 0.308. The summed E-state index contributed by atoms with van der Waals surface area (Å²) in [5.74, 6) is 0.530. The van der Waals surface area contributed by atoms with Gasteiger partial charge in [0.2, 0.25) is 11.8 Å². The maximum absolute atomic E-state index is 10.7. The molecule has 1 atom stereocenters. The van der Waals surface area contributed by atoms with Crippen LogP contribution in [0.2, 0.25) is 0 Å². The van der Waals surface area contributed by atoms with E-state index in [1.807, 2.05) is 30.3 Å². The van der Waals surface area contributed by atoms with Gasteiger partial charge in [0.15, 0.2) is 5.82 Å². The van der Waals surface area contributed by atoms with E-state index in [0.29, 0.717) is 24.6 Å². The molecule has 19 heavy (non-hydrogen) atoms. The second kappa shape index (κ2) is 6.10. The van der Waals surface area contributed by atoms with Gasteiger partial charge in [-0.25, -0.2) is 0 Å². The molecule has 0 saturated heterocycles. The summed E-state index contributed by atoms with van der Waals surface area (Å²) in [5, 5.41) is 3.88. The fourth-order valence-electron chi connectivity index (χ4n) is 1.69. The molecule has 6 nitrogen and oxygen atoms in total.